The molecule has 10 nitrogen and oxygen atoms in total. The second-order valence-electron chi connectivity index (χ2n) is 6.89. The summed E-state index contributed by atoms with van der Waals surface area (Å²) in [5.74, 6) is -0.402. The summed E-state index contributed by atoms with van der Waals surface area (Å²) >= 11 is 0. The Hall–Kier alpha value is -4.08. The highest BCUT2D eigenvalue weighted by atomic mass is 16.6. The lowest BCUT2D eigenvalue weighted by Gasteiger charge is -2.30. The van der Waals surface area contributed by atoms with Gasteiger partial charge in [0.25, 0.3) is 0 Å². The number of ether oxygens (including phenoxy) is 3. The number of hydrogen-bond acceptors (Lipinski definition) is 7. The molecule has 2 aromatic rings. The van der Waals surface area contributed by atoms with E-state index in [1.54, 1.807) is 51.1 Å². The Labute approximate surface area is 190 Å². The Balaban J connectivity index is 2.29. The molecule has 0 aliphatic carbocycles. The van der Waals surface area contributed by atoms with Gasteiger partial charge in [-0.1, -0.05) is 30.3 Å². The van der Waals surface area contributed by atoms with Gasteiger partial charge in [0.15, 0.2) is 0 Å². The maximum Gasteiger partial charge on any atom is 0.338 e. The van der Waals surface area contributed by atoms with Crippen molar-refractivity contribution in [1.82, 2.24) is 10.6 Å². The molecule has 0 saturated heterocycles. The fraction of sp³-hybridized carbons (Fsp3) is 0.304. The number of carbonyl (C=O) groups is 2. The van der Waals surface area contributed by atoms with Crippen LogP contribution in [-0.2, 0) is 9.53 Å². The van der Waals surface area contributed by atoms with E-state index >= 15 is 0 Å². The van der Waals surface area contributed by atoms with Crippen molar-refractivity contribution in [3.8, 4) is 11.5 Å². The average Bonchev–Trinajstić information content (AvgIpc) is 2.79. The van der Waals surface area contributed by atoms with E-state index in [1.807, 2.05) is 0 Å². The number of hydrogen-bond donors (Lipinski definition) is 2. The zero-order chi connectivity index (χ0) is 24.0. The number of nitrogens with one attached hydrogen (secondary N) is 2. The average molecular weight is 455 g/mol. The highest BCUT2D eigenvalue weighted by molar-refractivity contribution is 6.04. The summed E-state index contributed by atoms with van der Waals surface area (Å²) in [6.07, 6.45) is 0. The van der Waals surface area contributed by atoms with Crippen LogP contribution >= 0.6 is 0 Å². The van der Waals surface area contributed by atoms with Crippen molar-refractivity contribution in [1.29, 1.82) is 0 Å². The molecule has 3 rings (SSSR count). The van der Waals surface area contributed by atoms with Gasteiger partial charge >= 0.3 is 17.7 Å². The number of nitrogens with zero attached hydrogens (tertiary/aromatic N) is 1. The van der Waals surface area contributed by atoms with Crippen LogP contribution in [0.2, 0.25) is 0 Å². The molecule has 2 amide bonds. The fourth-order valence-electron chi connectivity index (χ4n) is 3.54. The lowest BCUT2D eigenvalue weighted by molar-refractivity contribution is -0.385. The molecule has 0 spiro atoms. The first-order valence-electron chi connectivity index (χ1n) is 10.5. The van der Waals surface area contributed by atoms with E-state index in [9.17, 15) is 19.7 Å². The van der Waals surface area contributed by atoms with Crippen molar-refractivity contribution in [3.63, 3.8) is 0 Å². The molecule has 33 heavy (non-hydrogen) atoms. The number of urea groups is 1. The monoisotopic (exact) mass is 455 g/mol. The molecule has 1 unspecified atom stereocenters. The van der Waals surface area contributed by atoms with Gasteiger partial charge in [-0.2, -0.15) is 0 Å². The Morgan fingerprint density at radius 3 is 2.30 bits per heavy atom. The van der Waals surface area contributed by atoms with E-state index < -0.39 is 23.0 Å². The molecule has 1 atom stereocenters. The second-order valence-corrected chi connectivity index (χ2v) is 6.89. The zero-order valence-corrected chi connectivity index (χ0v) is 18.5. The van der Waals surface area contributed by atoms with E-state index in [1.165, 1.54) is 12.1 Å². The third-order valence-corrected chi connectivity index (χ3v) is 4.83. The van der Waals surface area contributed by atoms with Crippen LogP contribution in [-0.4, -0.2) is 36.7 Å². The predicted molar refractivity (Wildman–Crippen MR) is 120 cm³/mol. The third-order valence-electron chi connectivity index (χ3n) is 4.83. The Morgan fingerprint density at radius 2 is 1.70 bits per heavy atom. The van der Waals surface area contributed by atoms with E-state index in [4.69, 9.17) is 14.2 Å². The van der Waals surface area contributed by atoms with Crippen molar-refractivity contribution in [3.05, 3.63) is 69.3 Å². The number of carbonyl (C=O) groups excluding carboxylic acids is 2. The summed E-state index contributed by atoms with van der Waals surface area (Å²) in [5, 5.41) is 17.1. The molecule has 1 aliphatic heterocycles. The zero-order valence-electron chi connectivity index (χ0n) is 18.5. The van der Waals surface area contributed by atoms with Gasteiger partial charge in [0.05, 0.1) is 42.1 Å². The summed E-state index contributed by atoms with van der Waals surface area (Å²) in [6, 6.07) is 9.83. The molecule has 0 bridgehead atoms. The smallest absolute Gasteiger partial charge is 0.338 e. The Kier molecular flexibility index (Phi) is 7.50. The Bertz CT molecular complexity index is 1080. The van der Waals surface area contributed by atoms with Gasteiger partial charge in [-0.15, -0.1) is 0 Å². The summed E-state index contributed by atoms with van der Waals surface area (Å²) in [5.41, 5.74) is 0.855. The predicted octanol–water partition coefficient (Wildman–Crippen LogP) is 3.72. The highest BCUT2D eigenvalue weighted by Gasteiger charge is 2.37. The molecule has 2 N–H and O–H groups in total. The van der Waals surface area contributed by atoms with Gasteiger partial charge in [0.2, 0.25) is 5.75 Å². The Morgan fingerprint density at radius 1 is 1.03 bits per heavy atom. The SMILES string of the molecule is CCOC(=O)C1=C(c2ccccc2)NC(=O)NC1c1cc([N+](=O)[O-])c(OCC)cc1OCC. The van der Waals surface area contributed by atoms with Gasteiger partial charge in [-0.05, 0) is 26.3 Å². The van der Waals surface area contributed by atoms with Crippen LogP contribution in [0, 0.1) is 10.1 Å². The molecule has 174 valence electrons. The molecule has 0 aromatic heterocycles. The highest BCUT2D eigenvalue weighted by Crippen LogP contribution is 2.42. The maximum absolute atomic E-state index is 13.1. The van der Waals surface area contributed by atoms with Crippen LogP contribution in [0.1, 0.15) is 37.9 Å². The van der Waals surface area contributed by atoms with E-state index in [0.717, 1.165) is 0 Å². The number of benzene rings is 2. The molecular formula is C23H25N3O7. The fourth-order valence-corrected chi connectivity index (χ4v) is 3.54. The van der Waals surface area contributed by atoms with Gasteiger partial charge in [0, 0.05) is 17.7 Å². The van der Waals surface area contributed by atoms with Gasteiger partial charge in [-0.3, -0.25) is 10.1 Å². The largest absolute Gasteiger partial charge is 0.493 e. The minimum atomic E-state index is -1.07. The summed E-state index contributed by atoms with van der Waals surface area (Å²) in [6.45, 7) is 5.69. The summed E-state index contributed by atoms with van der Waals surface area (Å²) in [7, 11) is 0. The van der Waals surface area contributed by atoms with Crippen molar-refractivity contribution < 1.29 is 28.7 Å². The molecule has 0 radical (unpaired) electrons. The first kappa shape index (κ1) is 23.6. The van der Waals surface area contributed by atoms with Crippen LogP contribution in [0.3, 0.4) is 0 Å². The van der Waals surface area contributed by atoms with E-state index in [2.05, 4.69) is 10.6 Å². The summed E-state index contributed by atoms with van der Waals surface area (Å²) in [4.78, 5) is 36.8. The minimum Gasteiger partial charge on any atom is -0.493 e. The number of nitro groups is 1. The lowest BCUT2D eigenvalue weighted by Crippen LogP contribution is -2.45. The van der Waals surface area contributed by atoms with Gasteiger partial charge in [0.1, 0.15) is 5.75 Å². The van der Waals surface area contributed by atoms with Crippen molar-refractivity contribution in [2.24, 2.45) is 0 Å². The van der Waals surface area contributed by atoms with Crippen LogP contribution in [0.4, 0.5) is 10.5 Å². The van der Waals surface area contributed by atoms with Crippen LogP contribution in [0.25, 0.3) is 5.70 Å². The summed E-state index contributed by atoms with van der Waals surface area (Å²) < 4.78 is 16.4. The molecule has 10 heteroatoms. The first-order chi connectivity index (χ1) is 15.9. The quantitative estimate of drug-likeness (QED) is 0.335. The van der Waals surface area contributed by atoms with E-state index in [0.29, 0.717) is 5.56 Å². The minimum absolute atomic E-state index is 0.0277. The normalized spacial score (nSPS) is 15.4. The van der Waals surface area contributed by atoms with Crippen molar-refractivity contribution in [2.75, 3.05) is 19.8 Å². The molecule has 0 fully saturated rings. The number of rotatable bonds is 9. The lowest BCUT2D eigenvalue weighted by atomic mass is 9.91. The van der Waals surface area contributed by atoms with Crippen molar-refractivity contribution in [2.45, 2.75) is 26.8 Å². The number of amides is 2. The standard InChI is InChI=1S/C23H25N3O7/c1-4-31-17-13-18(32-5-2)16(26(29)30)12-15(17)21-19(22(27)33-6-3)20(24-23(28)25-21)14-10-8-7-9-11-14/h7-13,21H,4-6H2,1-3H3,(H2,24,25,28). The third kappa shape index (κ3) is 5.05. The van der Waals surface area contributed by atoms with Gasteiger partial charge < -0.3 is 24.8 Å². The van der Waals surface area contributed by atoms with E-state index in [-0.39, 0.29) is 53.8 Å². The molecule has 1 heterocycles. The first-order valence-corrected chi connectivity index (χ1v) is 10.5. The second kappa shape index (κ2) is 10.5. The van der Waals surface area contributed by atoms with Crippen LogP contribution in [0.5, 0.6) is 11.5 Å². The number of esters is 1. The topological polar surface area (TPSA) is 129 Å². The van der Waals surface area contributed by atoms with Gasteiger partial charge in [-0.25, -0.2) is 9.59 Å². The molecule has 1 aliphatic rings. The molecular weight excluding hydrogens is 430 g/mol. The number of nitro benzene ring substituents is 1. The van der Waals surface area contributed by atoms with Crippen LogP contribution < -0.4 is 20.1 Å². The molecule has 2 aromatic carbocycles. The maximum atomic E-state index is 13.1. The van der Waals surface area contributed by atoms with Crippen molar-refractivity contribution >= 4 is 23.4 Å². The molecule has 0 saturated carbocycles. The van der Waals surface area contributed by atoms with Crippen LogP contribution in [0.15, 0.2) is 48.0 Å².